The van der Waals surface area contributed by atoms with Crippen molar-refractivity contribution >= 4 is 23.0 Å². The number of aromatic nitrogens is 3. The van der Waals surface area contributed by atoms with Crippen molar-refractivity contribution in [3.63, 3.8) is 0 Å². The van der Waals surface area contributed by atoms with Gasteiger partial charge < -0.3 is 14.6 Å². The molecule has 5 aromatic rings. The Bertz CT molecular complexity index is 1400. The normalized spacial score (nSPS) is 11.2. The molecule has 7 heteroatoms. The number of rotatable bonds is 3. The molecule has 0 fully saturated rings. The molecule has 29 heavy (non-hydrogen) atoms. The second-order valence-corrected chi connectivity index (χ2v) is 6.94. The first-order chi connectivity index (χ1) is 14.1. The largest absolute Gasteiger partial charge is 0.507 e. The number of aromatic amines is 1. The molecule has 0 aliphatic rings. The first-order valence-corrected chi connectivity index (χ1v) is 9.30. The molecule has 0 aliphatic heterocycles. The molecule has 0 radical (unpaired) electrons. The van der Waals surface area contributed by atoms with Gasteiger partial charge in [0.15, 0.2) is 10.6 Å². The summed E-state index contributed by atoms with van der Waals surface area (Å²) >= 11 is 5.49. The summed E-state index contributed by atoms with van der Waals surface area (Å²) in [6.45, 7) is 0. The Hall–Kier alpha value is -3.84. The van der Waals surface area contributed by atoms with Gasteiger partial charge in [-0.15, -0.1) is 0 Å². The third kappa shape index (κ3) is 2.79. The lowest BCUT2D eigenvalue weighted by molar-refractivity contribution is 0.451. The highest BCUT2D eigenvalue weighted by atomic mass is 32.1. The van der Waals surface area contributed by atoms with E-state index in [-0.39, 0.29) is 11.5 Å². The summed E-state index contributed by atoms with van der Waals surface area (Å²) in [4.78, 5) is 0. The quantitative estimate of drug-likeness (QED) is 0.351. The molecule has 2 aromatic heterocycles. The average Bonchev–Trinajstić information content (AvgIpc) is 3.38. The minimum Gasteiger partial charge on any atom is -0.507 e. The minimum absolute atomic E-state index is 0.0907. The van der Waals surface area contributed by atoms with Crippen LogP contribution in [0.25, 0.3) is 39.2 Å². The summed E-state index contributed by atoms with van der Waals surface area (Å²) in [6.07, 6.45) is 1.52. The van der Waals surface area contributed by atoms with Crippen LogP contribution in [0.2, 0.25) is 0 Å². The first-order valence-electron chi connectivity index (χ1n) is 8.89. The smallest absolute Gasteiger partial charge is 0.200 e. The van der Waals surface area contributed by atoms with Crippen LogP contribution in [0.15, 0.2) is 77.4 Å². The fourth-order valence-corrected chi connectivity index (χ4v) is 3.72. The fraction of sp³-hybridized carbons (Fsp3) is 0. The number of benzene rings is 3. The molecular weight excluding hydrogens is 386 g/mol. The maximum Gasteiger partial charge on any atom is 0.200 e. The van der Waals surface area contributed by atoms with Crippen LogP contribution >= 0.6 is 12.2 Å². The SMILES string of the molecule is Oc1cc(O)c(-c2n[nH]c(=S)n2-c2cccc3ccccc23)cc1-c1ccco1. The molecule has 0 amide bonds. The Morgan fingerprint density at radius 1 is 0.897 bits per heavy atom. The Morgan fingerprint density at radius 2 is 1.69 bits per heavy atom. The van der Waals surface area contributed by atoms with Crippen molar-refractivity contribution in [3.8, 4) is 39.9 Å². The van der Waals surface area contributed by atoms with E-state index in [0.29, 0.717) is 27.5 Å². The molecule has 0 aliphatic carbocycles. The fourth-order valence-electron chi connectivity index (χ4n) is 3.49. The molecule has 0 spiro atoms. The van der Waals surface area contributed by atoms with E-state index in [1.165, 1.54) is 12.3 Å². The standard InChI is InChI=1S/C22H15N3O3S/c26-18-12-19(27)16(11-15(18)20-9-4-10-28-20)21-23-24-22(29)25(21)17-8-3-6-13-5-1-2-7-14(13)17/h1-12,26-27H,(H,24,29). The molecular formula is C22H15N3O3S. The van der Waals surface area contributed by atoms with E-state index in [0.717, 1.165) is 16.5 Å². The molecule has 0 saturated carbocycles. The van der Waals surface area contributed by atoms with Crippen LogP contribution in [0.1, 0.15) is 0 Å². The molecule has 0 atom stereocenters. The Morgan fingerprint density at radius 3 is 2.52 bits per heavy atom. The van der Waals surface area contributed by atoms with Crippen molar-refractivity contribution in [2.75, 3.05) is 0 Å². The minimum atomic E-state index is -0.117. The van der Waals surface area contributed by atoms with Crippen molar-refractivity contribution in [1.29, 1.82) is 0 Å². The van der Waals surface area contributed by atoms with Gasteiger partial charge in [-0.2, -0.15) is 5.10 Å². The van der Waals surface area contributed by atoms with Gasteiger partial charge in [0.2, 0.25) is 0 Å². The lowest BCUT2D eigenvalue weighted by atomic mass is 10.0. The zero-order chi connectivity index (χ0) is 20.0. The average molecular weight is 401 g/mol. The van der Waals surface area contributed by atoms with Crippen LogP contribution in [0, 0.1) is 4.77 Å². The van der Waals surface area contributed by atoms with Crippen molar-refractivity contribution in [2.45, 2.75) is 0 Å². The Balaban J connectivity index is 1.78. The van der Waals surface area contributed by atoms with Crippen molar-refractivity contribution in [1.82, 2.24) is 14.8 Å². The van der Waals surface area contributed by atoms with Crippen LogP contribution in [-0.4, -0.2) is 25.0 Å². The Kier molecular flexibility index (Phi) is 3.96. The third-order valence-corrected chi connectivity index (χ3v) is 5.10. The monoisotopic (exact) mass is 401 g/mol. The summed E-state index contributed by atoms with van der Waals surface area (Å²) in [5.74, 6) is 0.701. The highest BCUT2D eigenvalue weighted by Crippen LogP contribution is 2.40. The molecule has 2 heterocycles. The molecule has 0 bridgehead atoms. The maximum atomic E-state index is 10.6. The number of nitrogens with zero attached hydrogens (tertiary/aromatic N) is 2. The van der Waals surface area contributed by atoms with E-state index >= 15 is 0 Å². The van der Waals surface area contributed by atoms with E-state index < -0.39 is 0 Å². The van der Waals surface area contributed by atoms with Crippen molar-refractivity contribution < 1.29 is 14.6 Å². The van der Waals surface area contributed by atoms with Crippen LogP contribution in [0.5, 0.6) is 11.5 Å². The number of fused-ring (bicyclic) bond motifs is 1. The van der Waals surface area contributed by atoms with Crippen molar-refractivity contribution in [2.24, 2.45) is 0 Å². The number of nitrogens with one attached hydrogen (secondary N) is 1. The van der Waals surface area contributed by atoms with Gasteiger partial charge in [0.1, 0.15) is 17.3 Å². The summed E-state index contributed by atoms with van der Waals surface area (Å²) in [7, 11) is 0. The van der Waals surface area contributed by atoms with Gasteiger partial charge in [0, 0.05) is 11.5 Å². The number of phenolic OH excluding ortho intramolecular Hbond substituents is 2. The molecule has 0 saturated heterocycles. The molecule has 0 unspecified atom stereocenters. The summed E-state index contributed by atoms with van der Waals surface area (Å²) in [5, 5.41) is 30.1. The van der Waals surface area contributed by atoms with E-state index in [1.807, 2.05) is 42.5 Å². The highest BCUT2D eigenvalue weighted by Gasteiger charge is 2.19. The van der Waals surface area contributed by atoms with E-state index in [9.17, 15) is 10.2 Å². The molecule has 142 valence electrons. The first kappa shape index (κ1) is 17.3. The van der Waals surface area contributed by atoms with Crippen LogP contribution in [-0.2, 0) is 0 Å². The lowest BCUT2D eigenvalue weighted by Crippen LogP contribution is -1.99. The number of furan rings is 1. The lowest BCUT2D eigenvalue weighted by Gasteiger charge is -2.12. The predicted molar refractivity (Wildman–Crippen MR) is 113 cm³/mol. The number of aromatic hydroxyl groups is 2. The van der Waals surface area contributed by atoms with Gasteiger partial charge in [-0.1, -0.05) is 36.4 Å². The number of phenols is 2. The maximum absolute atomic E-state index is 10.6. The number of hydrogen-bond donors (Lipinski definition) is 3. The summed E-state index contributed by atoms with van der Waals surface area (Å²) in [6, 6.07) is 20.3. The van der Waals surface area contributed by atoms with Gasteiger partial charge in [-0.25, -0.2) is 0 Å². The van der Waals surface area contributed by atoms with E-state index in [2.05, 4.69) is 10.2 Å². The molecule has 5 rings (SSSR count). The number of H-pyrrole nitrogens is 1. The van der Waals surface area contributed by atoms with E-state index in [4.69, 9.17) is 16.6 Å². The highest BCUT2D eigenvalue weighted by molar-refractivity contribution is 7.71. The second-order valence-electron chi connectivity index (χ2n) is 6.55. The van der Waals surface area contributed by atoms with Crippen molar-refractivity contribution in [3.05, 3.63) is 77.8 Å². The molecule has 6 nitrogen and oxygen atoms in total. The zero-order valence-corrected chi connectivity index (χ0v) is 15.9. The van der Waals surface area contributed by atoms with Gasteiger partial charge >= 0.3 is 0 Å². The van der Waals surface area contributed by atoms with Gasteiger partial charge in [0.05, 0.1) is 23.1 Å². The van der Waals surface area contributed by atoms with Gasteiger partial charge in [-0.3, -0.25) is 9.67 Å². The van der Waals surface area contributed by atoms with Crippen LogP contribution in [0.3, 0.4) is 0 Å². The molecule has 3 N–H and O–H groups in total. The van der Waals surface area contributed by atoms with E-state index in [1.54, 1.807) is 22.8 Å². The predicted octanol–water partition coefficient (Wildman–Crippen LogP) is 5.42. The second kappa shape index (κ2) is 6.65. The Labute approximate surface area is 170 Å². The van der Waals surface area contributed by atoms with Crippen LogP contribution in [0.4, 0.5) is 0 Å². The summed E-state index contributed by atoms with van der Waals surface area (Å²) < 4.78 is 7.58. The topological polar surface area (TPSA) is 87.2 Å². The van der Waals surface area contributed by atoms with Crippen LogP contribution < -0.4 is 0 Å². The molecule has 3 aromatic carbocycles. The third-order valence-electron chi connectivity index (χ3n) is 4.82. The van der Waals surface area contributed by atoms with Gasteiger partial charge in [0.25, 0.3) is 0 Å². The summed E-state index contributed by atoms with van der Waals surface area (Å²) in [5.41, 5.74) is 1.69. The van der Waals surface area contributed by atoms with Gasteiger partial charge in [-0.05, 0) is 41.9 Å². The zero-order valence-electron chi connectivity index (χ0n) is 15.0. The number of hydrogen-bond acceptors (Lipinski definition) is 5.